The Balaban J connectivity index is 3.22. The summed E-state index contributed by atoms with van der Waals surface area (Å²) in [6.45, 7) is 1.70. The fourth-order valence-corrected chi connectivity index (χ4v) is 1.68. The van der Waals surface area contributed by atoms with Crippen LogP contribution in [0.15, 0.2) is 12.1 Å². The smallest absolute Gasteiger partial charge is 0.229 e. The van der Waals surface area contributed by atoms with Gasteiger partial charge in [0.1, 0.15) is 11.5 Å². The molecular weight excluding hydrogens is 218 g/mol. The highest BCUT2D eigenvalue weighted by molar-refractivity contribution is 7.92. The van der Waals surface area contributed by atoms with E-state index in [9.17, 15) is 13.5 Å². The summed E-state index contributed by atoms with van der Waals surface area (Å²) in [7, 11) is -1.95. The van der Waals surface area contributed by atoms with E-state index in [0.29, 0.717) is 11.3 Å². The summed E-state index contributed by atoms with van der Waals surface area (Å²) in [5, 5.41) is 9.43. The first kappa shape index (κ1) is 11.6. The first-order chi connectivity index (χ1) is 6.83. The monoisotopic (exact) mass is 231 g/mol. The molecule has 5 nitrogen and oxygen atoms in total. The van der Waals surface area contributed by atoms with Crippen LogP contribution in [0.5, 0.6) is 11.5 Å². The predicted molar refractivity (Wildman–Crippen MR) is 57.9 cm³/mol. The summed E-state index contributed by atoms with van der Waals surface area (Å²) in [5.41, 5.74) is 0.842. The zero-order chi connectivity index (χ0) is 11.6. The second kappa shape index (κ2) is 3.98. The van der Waals surface area contributed by atoms with E-state index in [-0.39, 0.29) is 11.4 Å². The van der Waals surface area contributed by atoms with Crippen molar-refractivity contribution in [2.24, 2.45) is 0 Å². The van der Waals surface area contributed by atoms with Crippen LogP contribution in [-0.2, 0) is 10.0 Å². The van der Waals surface area contributed by atoms with Gasteiger partial charge in [-0.25, -0.2) is 8.42 Å². The van der Waals surface area contributed by atoms with Gasteiger partial charge >= 0.3 is 0 Å². The number of sulfonamides is 1. The fourth-order valence-electron chi connectivity index (χ4n) is 1.12. The van der Waals surface area contributed by atoms with E-state index in [0.717, 1.165) is 6.26 Å². The first-order valence-electron chi connectivity index (χ1n) is 4.19. The lowest BCUT2D eigenvalue weighted by atomic mass is 10.2. The number of rotatable bonds is 3. The highest BCUT2D eigenvalue weighted by Crippen LogP contribution is 2.32. The molecule has 84 valence electrons. The molecule has 0 spiro atoms. The number of phenolic OH excluding ortho intramolecular Hbond substituents is 1. The van der Waals surface area contributed by atoms with Gasteiger partial charge in [-0.2, -0.15) is 0 Å². The Hall–Kier alpha value is -1.43. The first-order valence-corrected chi connectivity index (χ1v) is 6.08. The van der Waals surface area contributed by atoms with Crippen molar-refractivity contribution < 1.29 is 18.3 Å². The number of methoxy groups -OCH3 is 1. The molecule has 0 aliphatic rings. The summed E-state index contributed by atoms with van der Waals surface area (Å²) in [4.78, 5) is 0. The molecule has 15 heavy (non-hydrogen) atoms. The topological polar surface area (TPSA) is 75.6 Å². The molecular formula is C9H13NO4S. The Bertz CT molecular complexity index is 467. The second-order valence-electron chi connectivity index (χ2n) is 3.21. The van der Waals surface area contributed by atoms with Crippen molar-refractivity contribution in [3.63, 3.8) is 0 Å². The van der Waals surface area contributed by atoms with Crippen LogP contribution in [0, 0.1) is 6.92 Å². The standard InChI is InChI=1S/C9H13NO4S/c1-6-4-9(14-2)7(5-8(6)11)10-15(3,12)13/h4-5,10-11H,1-3H3. The molecule has 0 saturated heterocycles. The second-order valence-corrected chi connectivity index (χ2v) is 4.96. The number of hydrogen-bond acceptors (Lipinski definition) is 4. The molecule has 0 bridgehead atoms. The summed E-state index contributed by atoms with van der Waals surface area (Å²) >= 11 is 0. The van der Waals surface area contributed by atoms with Crippen molar-refractivity contribution in [1.29, 1.82) is 0 Å². The third-order valence-corrected chi connectivity index (χ3v) is 2.40. The third-order valence-electron chi connectivity index (χ3n) is 1.81. The van der Waals surface area contributed by atoms with E-state index in [1.165, 1.54) is 13.2 Å². The summed E-state index contributed by atoms with van der Waals surface area (Å²) in [6.07, 6.45) is 1.03. The van der Waals surface area contributed by atoms with Gasteiger partial charge in [-0.15, -0.1) is 0 Å². The molecule has 0 aliphatic heterocycles. The lowest BCUT2D eigenvalue weighted by Gasteiger charge is -2.11. The predicted octanol–water partition coefficient (Wildman–Crippen LogP) is 1.08. The van der Waals surface area contributed by atoms with E-state index in [1.54, 1.807) is 13.0 Å². The molecule has 0 unspecified atom stereocenters. The van der Waals surface area contributed by atoms with Crippen molar-refractivity contribution in [3.8, 4) is 11.5 Å². The summed E-state index contributed by atoms with van der Waals surface area (Å²) < 4.78 is 29.3. The molecule has 0 saturated carbocycles. The molecule has 0 atom stereocenters. The number of hydrogen-bond donors (Lipinski definition) is 2. The van der Waals surface area contributed by atoms with E-state index in [1.807, 2.05) is 0 Å². The molecule has 0 aromatic heterocycles. The molecule has 0 aliphatic carbocycles. The maximum atomic E-state index is 11.0. The van der Waals surface area contributed by atoms with Gasteiger partial charge in [0.25, 0.3) is 0 Å². The molecule has 2 N–H and O–H groups in total. The Morgan fingerprint density at radius 3 is 2.47 bits per heavy atom. The maximum absolute atomic E-state index is 11.0. The number of aryl methyl sites for hydroxylation is 1. The van der Waals surface area contributed by atoms with Gasteiger partial charge in [0, 0.05) is 6.07 Å². The van der Waals surface area contributed by atoms with Crippen molar-refractivity contribution >= 4 is 15.7 Å². The third kappa shape index (κ3) is 3.02. The van der Waals surface area contributed by atoms with Gasteiger partial charge in [0.05, 0.1) is 19.1 Å². The lowest BCUT2D eigenvalue weighted by Crippen LogP contribution is -2.10. The molecule has 0 amide bonds. The molecule has 6 heteroatoms. The van der Waals surface area contributed by atoms with Gasteiger partial charge in [-0.1, -0.05) is 0 Å². The number of aromatic hydroxyl groups is 1. The highest BCUT2D eigenvalue weighted by atomic mass is 32.2. The average Bonchev–Trinajstić information content (AvgIpc) is 2.08. The number of phenols is 1. The number of anilines is 1. The van der Waals surface area contributed by atoms with Crippen molar-refractivity contribution in [2.45, 2.75) is 6.92 Å². The molecule has 0 heterocycles. The fraction of sp³-hybridized carbons (Fsp3) is 0.333. The van der Waals surface area contributed by atoms with Crippen LogP contribution in [0.25, 0.3) is 0 Å². The van der Waals surface area contributed by atoms with Crippen molar-refractivity contribution in [2.75, 3.05) is 18.1 Å². The number of benzene rings is 1. The van der Waals surface area contributed by atoms with Crippen LogP contribution in [-0.4, -0.2) is 26.9 Å². The van der Waals surface area contributed by atoms with Gasteiger partial charge in [-0.3, -0.25) is 4.72 Å². The van der Waals surface area contributed by atoms with Crippen molar-refractivity contribution in [1.82, 2.24) is 0 Å². The quantitative estimate of drug-likeness (QED) is 0.816. The van der Waals surface area contributed by atoms with Gasteiger partial charge in [0.2, 0.25) is 10.0 Å². The molecule has 0 radical (unpaired) electrons. The molecule has 1 aromatic rings. The Morgan fingerprint density at radius 1 is 1.40 bits per heavy atom. The van der Waals surface area contributed by atoms with Crippen LogP contribution in [0.4, 0.5) is 5.69 Å². The van der Waals surface area contributed by atoms with Gasteiger partial charge in [-0.05, 0) is 18.6 Å². The summed E-state index contributed by atoms with van der Waals surface area (Å²) in [6, 6.07) is 2.87. The zero-order valence-electron chi connectivity index (χ0n) is 8.73. The minimum atomic E-state index is -3.38. The SMILES string of the molecule is COc1cc(C)c(O)cc1NS(C)(=O)=O. The minimum Gasteiger partial charge on any atom is -0.508 e. The highest BCUT2D eigenvalue weighted by Gasteiger charge is 2.10. The van der Waals surface area contributed by atoms with Crippen LogP contribution >= 0.6 is 0 Å². The molecule has 0 fully saturated rings. The van der Waals surface area contributed by atoms with Crippen LogP contribution in [0.1, 0.15) is 5.56 Å². The Morgan fingerprint density at radius 2 is 2.00 bits per heavy atom. The number of ether oxygens (including phenoxy) is 1. The summed E-state index contributed by atoms with van der Waals surface area (Å²) in [5.74, 6) is 0.387. The largest absolute Gasteiger partial charge is 0.508 e. The van der Waals surface area contributed by atoms with Crippen LogP contribution < -0.4 is 9.46 Å². The molecule has 1 rings (SSSR count). The minimum absolute atomic E-state index is 0.0157. The van der Waals surface area contributed by atoms with Gasteiger partial charge in [0.15, 0.2) is 0 Å². The Labute approximate surface area is 88.7 Å². The van der Waals surface area contributed by atoms with Gasteiger partial charge < -0.3 is 9.84 Å². The van der Waals surface area contributed by atoms with E-state index >= 15 is 0 Å². The van der Waals surface area contributed by atoms with Crippen LogP contribution in [0.3, 0.4) is 0 Å². The maximum Gasteiger partial charge on any atom is 0.229 e. The van der Waals surface area contributed by atoms with E-state index in [2.05, 4.69) is 4.72 Å². The normalized spacial score (nSPS) is 11.1. The zero-order valence-corrected chi connectivity index (χ0v) is 9.55. The van der Waals surface area contributed by atoms with E-state index < -0.39 is 10.0 Å². The Kier molecular flexibility index (Phi) is 3.09. The lowest BCUT2D eigenvalue weighted by molar-refractivity contribution is 0.413. The van der Waals surface area contributed by atoms with E-state index in [4.69, 9.17) is 4.74 Å². The average molecular weight is 231 g/mol. The number of nitrogens with one attached hydrogen (secondary N) is 1. The molecule has 1 aromatic carbocycles. The van der Waals surface area contributed by atoms with Crippen LogP contribution in [0.2, 0.25) is 0 Å². The van der Waals surface area contributed by atoms with Crippen molar-refractivity contribution in [3.05, 3.63) is 17.7 Å².